The number of aliphatic hydroxyl groups is 2. The monoisotopic (exact) mass is 371 g/mol. The molecule has 0 spiro atoms. The highest BCUT2D eigenvalue weighted by Crippen LogP contribution is 2.38. The van der Waals surface area contributed by atoms with E-state index >= 15 is 0 Å². The van der Waals surface area contributed by atoms with Crippen LogP contribution in [-0.4, -0.2) is 65.6 Å². The van der Waals surface area contributed by atoms with Crippen molar-refractivity contribution in [2.24, 2.45) is 4.99 Å². The molecule has 12 heteroatoms. The first kappa shape index (κ1) is 16.7. The first-order valence-corrected chi connectivity index (χ1v) is 9.52. The van der Waals surface area contributed by atoms with E-state index in [-0.39, 0.29) is 6.42 Å². The molecule has 3 aliphatic heterocycles. The van der Waals surface area contributed by atoms with Gasteiger partial charge in [-0.25, -0.2) is 9.98 Å². The number of aromatic nitrogens is 2. The van der Waals surface area contributed by atoms with Crippen molar-refractivity contribution in [1.29, 1.82) is 0 Å². The Morgan fingerprint density at radius 3 is 2.92 bits per heavy atom. The molecule has 4 rings (SSSR count). The quantitative estimate of drug-likeness (QED) is 0.351. The van der Waals surface area contributed by atoms with Gasteiger partial charge in [-0.3, -0.25) is 9.13 Å². The van der Waals surface area contributed by atoms with Gasteiger partial charge in [-0.2, -0.15) is 0 Å². The second-order valence-electron chi connectivity index (χ2n) is 6.13. The van der Waals surface area contributed by atoms with Crippen molar-refractivity contribution in [1.82, 2.24) is 19.8 Å². The van der Waals surface area contributed by atoms with E-state index in [4.69, 9.17) is 14.5 Å². The molecule has 11 nitrogen and oxygen atoms in total. The summed E-state index contributed by atoms with van der Waals surface area (Å²) < 4.78 is 18.2. The zero-order chi connectivity index (χ0) is 17.8. The van der Waals surface area contributed by atoms with Gasteiger partial charge in [-0.05, 0) is 6.42 Å². The summed E-state index contributed by atoms with van der Waals surface area (Å²) in [6.07, 6.45) is 0.249. The van der Waals surface area contributed by atoms with Crippen LogP contribution in [0.25, 0.3) is 5.82 Å². The summed E-state index contributed by atoms with van der Waals surface area (Å²) in [7, 11) is -4.21. The number of aliphatic hydroxyl groups excluding tert-OH is 2. The fourth-order valence-corrected chi connectivity index (χ4v) is 3.78. The van der Waals surface area contributed by atoms with E-state index in [1.54, 1.807) is 6.20 Å². The second kappa shape index (κ2) is 5.90. The van der Waals surface area contributed by atoms with Crippen molar-refractivity contribution < 1.29 is 29.3 Å². The third-order valence-corrected chi connectivity index (χ3v) is 5.28. The second-order valence-corrected chi connectivity index (χ2v) is 7.90. The Morgan fingerprint density at radius 2 is 2.16 bits per heavy atom. The van der Waals surface area contributed by atoms with Gasteiger partial charge in [0.15, 0.2) is 11.7 Å². The minimum atomic E-state index is -4.21. The minimum absolute atomic E-state index is 0.0658. The van der Waals surface area contributed by atoms with Crippen molar-refractivity contribution in [3.63, 3.8) is 0 Å². The Hall–Kier alpha value is -1.75. The maximum Gasteiger partial charge on any atom is 0.325 e. The molecule has 0 amide bonds. The van der Waals surface area contributed by atoms with Gasteiger partial charge in [0.05, 0.1) is 18.6 Å². The molecular weight excluding hydrogens is 353 g/mol. The Bertz CT molecular complexity index is 878. The normalized spacial score (nSPS) is 30.9. The van der Waals surface area contributed by atoms with E-state index in [1.165, 1.54) is 10.9 Å². The lowest BCUT2D eigenvalue weighted by molar-refractivity contribution is -0.0400. The summed E-state index contributed by atoms with van der Waals surface area (Å²) in [5.74, 6) is 0.773. The number of imidazole rings is 1. The number of rotatable bonds is 4. The van der Waals surface area contributed by atoms with Crippen LogP contribution < -0.4 is 16.2 Å². The van der Waals surface area contributed by atoms with Gasteiger partial charge < -0.3 is 35.0 Å². The third-order valence-electron chi connectivity index (χ3n) is 4.44. The van der Waals surface area contributed by atoms with Crippen molar-refractivity contribution >= 4 is 13.4 Å². The fraction of sp³-hybridized carbons (Fsp3) is 0.538. The van der Waals surface area contributed by atoms with Gasteiger partial charge in [0.2, 0.25) is 0 Å². The minimum Gasteiger partial charge on any atom is -0.388 e. The molecule has 5 N–H and O–H groups in total. The number of ether oxygens (including phenoxy) is 1. The molecule has 0 aliphatic carbocycles. The first-order valence-electron chi connectivity index (χ1n) is 7.73. The Labute approximate surface area is 141 Å². The molecule has 1 aromatic heterocycles. The number of nitrogens with one attached hydrogen (secondary N) is 1. The zero-order valence-electron chi connectivity index (χ0n) is 13.0. The summed E-state index contributed by atoms with van der Waals surface area (Å²) in [6, 6.07) is 0. The molecule has 0 unspecified atom stereocenters. The Morgan fingerprint density at radius 1 is 1.36 bits per heavy atom. The van der Waals surface area contributed by atoms with E-state index in [1.807, 2.05) is 11.1 Å². The predicted molar refractivity (Wildman–Crippen MR) is 82.8 cm³/mol. The molecule has 3 aliphatic rings. The Balaban J connectivity index is 1.62. The molecule has 4 atom stereocenters. The lowest BCUT2D eigenvalue weighted by atomic mass is 10.1. The van der Waals surface area contributed by atoms with Crippen LogP contribution in [0.15, 0.2) is 23.7 Å². The molecule has 0 bridgehead atoms. The Kier molecular flexibility index (Phi) is 3.95. The van der Waals surface area contributed by atoms with Crippen molar-refractivity contribution in [2.75, 3.05) is 12.8 Å². The van der Waals surface area contributed by atoms with Crippen LogP contribution in [0.3, 0.4) is 0 Å². The lowest BCUT2D eigenvalue weighted by Crippen LogP contribution is -2.44. The van der Waals surface area contributed by atoms with E-state index in [2.05, 4.69) is 15.3 Å². The van der Waals surface area contributed by atoms with Crippen LogP contribution in [0.5, 0.6) is 0 Å². The topological polar surface area (TPSA) is 153 Å². The first-order chi connectivity index (χ1) is 11.8. The van der Waals surface area contributed by atoms with Crippen LogP contribution in [0, 0.1) is 0 Å². The van der Waals surface area contributed by atoms with Gasteiger partial charge >= 0.3 is 7.60 Å². The molecule has 0 saturated carbocycles. The van der Waals surface area contributed by atoms with Gasteiger partial charge in [0, 0.05) is 12.4 Å². The highest BCUT2D eigenvalue weighted by Gasteiger charge is 2.44. The molecule has 1 fully saturated rings. The molecule has 1 saturated heterocycles. The summed E-state index contributed by atoms with van der Waals surface area (Å²) in [6.45, 7) is 0.379. The highest BCUT2D eigenvalue weighted by molar-refractivity contribution is 7.51. The standard InChI is InChI=1S/C13H18N5O6P/c19-9-7(1-4-25(21,22)23)24-13(10(9)20)18-6-15-8-11-14-2-3-17(11)5-16-12(8)18/h2-3,6-7,9-10,13-14,19-20H,1,4-5H2,(H2,21,22,23)/t7-,9-,10-,13-/m1/s1. The van der Waals surface area contributed by atoms with Gasteiger partial charge in [0.25, 0.3) is 0 Å². The molecule has 4 heterocycles. The van der Waals surface area contributed by atoms with Crippen molar-refractivity contribution in [3.05, 3.63) is 29.6 Å². The van der Waals surface area contributed by atoms with Crippen LogP contribution in [0.2, 0.25) is 0 Å². The molecule has 0 radical (unpaired) electrons. The summed E-state index contributed by atoms with van der Waals surface area (Å²) in [5, 5.41) is 24.1. The van der Waals surface area contributed by atoms with Gasteiger partial charge in [-0.15, -0.1) is 0 Å². The highest BCUT2D eigenvalue weighted by atomic mass is 31.2. The number of hydrogen-bond acceptors (Lipinski definition) is 8. The van der Waals surface area contributed by atoms with E-state index in [0.717, 1.165) is 5.82 Å². The van der Waals surface area contributed by atoms with Crippen molar-refractivity contribution in [3.8, 4) is 0 Å². The molecule has 0 aromatic carbocycles. The summed E-state index contributed by atoms with van der Waals surface area (Å²) in [5.41, 5.74) is 0.509. The van der Waals surface area contributed by atoms with Crippen LogP contribution in [-0.2, 0) is 9.30 Å². The molecular formula is C13H18N5O6P. The van der Waals surface area contributed by atoms with Crippen molar-refractivity contribution in [2.45, 2.75) is 31.0 Å². The number of hydrogen-bond donors (Lipinski definition) is 5. The smallest absolute Gasteiger partial charge is 0.325 e. The maximum atomic E-state index is 11.0. The predicted octanol–water partition coefficient (Wildman–Crippen LogP) is -2.90. The molecule has 1 aromatic rings. The van der Waals surface area contributed by atoms with E-state index < -0.39 is 38.3 Å². The number of nitrogens with zero attached hydrogens (tertiary/aromatic N) is 4. The average Bonchev–Trinajstić information content (AvgIpc) is 3.23. The van der Waals surface area contributed by atoms with Crippen LogP contribution in [0.4, 0.5) is 0 Å². The van der Waals surface area contributed by atoms with E-state index in [0.29, 0.717) is 17.5 Å². The SMILES string of the molecule is O=P(O)(O)CC[C@H]1O[C@@H](n2cnc3c2=NCN2C=CNC=32)[C@H](O)[C@@H]1O. The van der Waals surface area contributed by atoms with Crippen LogP contribution in [0.1, 0.15) is 12.6 Å². The summed E-state index contributed by atoms with van der Waals surface area (Å²) >= 11 is 0. The lowest BCUT2D eigenvalue weighted by Gasteiger charge is -2.19. The van der Waals surface area contributed by atoms with Gasteiger partial charge in [0.1, 0.15) is 30.0 Å². The number of fused-ring (bicyclic) bond motifs is 2. The fourth-order valence-electron chi connectivity index (χ4n) is 3.19. The summed E-state index contributed by atoms with van der Waals surface area (Å²) in [4.78, 5) is 28.6. The average molecular weight is 371 g/mol. The molecule has 136 valence electrons. The largest absolute Gasteiger partial charge is 0.388 e. The van der Waals surface area contributed by atoms with E-state index in [9.17, 15) is 14.8 Å². The van der Waals surface area contributed by atoms with Crippen LogP contribution >= 0.6 is 7.60 Å². The van der Waals surface area contributed by atoms with Gasteiger partial charge in [-0.1, -0.05) is 0 Å². The maximum absolute atomic E-state index is 11.0. The zero-order valence-corrected chi connectivity index (χ0v) is 13.9. The third kappa shape index (κ3) is 2.88. The molecule has 25 heavy (non-hydrogen) atoms.